The molecule has 0 unspecified atom stereocenters. The van der Waals surface area contributed by atoms with Crippen LogP contribution in [0.2, 0.25) is 0 Å². The van der Waals surface area contributed by atoms with E-state index in [4.69, 9.17) is 0 Å². The van der Waals surface area contributed by atoms with Crippen LogP contribution in [-0.2, 0) is 16.2 Å². The molecule has 2 rings (SSSR count). The second-order valence-corrected chi connectivity index (χ2v) is 7.38. The highest BCUT2D eigenvalue weighted by Gasteiger charge is 2.36. The van der Waals surface area contributed by atoms with E-state index in [1.807, 2.05) is 0 Å². The van der Waals surface area contributed by atoms with Crippen LogP contribution in [0.5, 0.6) is 0 Å². The SMILES string of the molecule is CS(=O)(=O)N(CCNC(=O)c1ccccc1)c1ccccc1C(F)(F)F. The Labute approximate surface area is 149 Å². The molecule has 1 N–H and O–H groups in total. The van der Waals surface area contributed by atoms with Crippen LogP contribution in [-0.4, -0.2) is 33.7 Å². The minimum absolute atomic E-state index is 0.146. The Bertz CT molecular complexity index is 868. The highest BCUT2D eigenvalue weighted by atomic mass is 32.2. The van der Waals surface area contributed by atoms with Crippen molar-refractivity contribution in [3.8, 4) is 0 Å². The lowest BCUT2D eigenvalue weighted by Gasteiger charge is -2.25. The van der Waals surface area contributed by atoms with Gasteiger partial charge in [0.2, 0.25) is 10.0 Å². The fourth-order valence-corrected chi connectivity index (χ4v) is 3.30. The van der Waals surface area contributed by atoms with Crippen LogP contribution in [0.25, 0.3) is 0 Å². The molecular formula is C17H17F3N2O3S. The van der Waals surface area contributed by atoms with Crippen LogP contribution in [0, 0.1) is 0 Å². The number of amides is 1. The number of nitrogens with zero attached hydrogens (tertiary/aromatic N) is 1. The zero-order valence-electron chi connectivity index (χ0n) is 13.8. The molecule has 0 aliphatic rings. The van der Waals surface area contributed by atoms with E-state index in [1.54, 1.807) is 30.3 Å². The molecule has 26 heavy (non-hydrogen) atoms. The molecule has 9 heteroatoms. The van der Waals surface area contributed by atoms with E-state index >= 15 is 0 Å². The van der Waals surface area contributed by atoms with E-state index in [9.17, 15) is 26.4 Å². The van der Waals surface area contributed by atoms with Crippen molar-refractivity contribution in [1.29, 1.82) is 0 Å². The molecule has 0 bridgehead atoms. The minimum Gasteiger partial charge on any atom is -0.350 e. The number of para-hydroxylation sites is 1. The minimum atomic E-state index is -4.70. The number of benzene rings is 2. The van der Waals surface area contributed by atoms with Crippen molar-refractivity contribution in [2.75, 3.05) is 23.7 Å². The molecule has 0 aliphatic heterocycles. The second kappa shape index (κ2) is 7.77. The number of alkyl halides is 3. The maximum absolute atomic E-state index is 13.2. The van der Waals surface area contributed by atoms with E-state index in [0.717, 1.165) is 18.4 Å². The fourth-order valence-electron chi connectivity index (χ4n) is 2.36. The first-order valence-electron chi connectivity index (χ1n) is 7.58. The summed E-state index contributed by atoms with van der Waals surface area (Å²) >= 11 is 0. The summed E-state index contributed by atoms with van der Waals surface area (Å²) in [5.41, 5.74) is -1.16. The van der Waals surface area contributed by atoms with Gasteiger partial charge < -0.3 is 5.32 Å². The molecule has 0 aliphatic carbocycles. The maximum Gasteiger partial charge on any atom is 0.418 e. The number of carbonyl (C=O) groups excluding carboxylic acids is 1. The fraction of sp³-hybridized carbons (Fsp3) is 0.235. The van der Waals surface area contributed by atoms with Gasteiger partial charge in [-0.25, -0.2) is 8.42 Å². The van der Waals surface area contributed by atoms with Crippen LogP contribution in [0.15, 0.2) is 54.6 Å². The number of sulfonamides is 1. The number of halogens is 3. The van der Waals surface area contributed by atoms with E-state index in [0.29, 0.717) is 9.87 Å². The van der Waals surface area contributed by atoms with Crippen molar-refractivity contribution in [2.45, 2.75) is 6.18 Å². The average molecular weight is 386 g/mol. The van der Waals surface area contributed by atoms with Crippen molar-refractivity contribution >= 4 is 21.6 Å². The molecule has 2 aromatic carbocycles. The number of rotatable bonds is 6. The predicted octanol–water partition coefficient (Wildman–Crippen LogP) is 2.90. The van der Waals surface area contributed by atoms with Gasteiger partial charge in [0.25, 0.3) is 5.91 Å². The summed E-state index contributed by atoms with van der Waals surface area (Å²) in [4.78, 5) is 12.0. The van der Waals surface area contributed by atoms with Crippen molar-refractivity contribution < 1.29 is 26.4 Å². The Hall–Kier alpha value is -2.55. The lowest BCUT2D eigenvalue weighted by Crippen LogP contribution is -2.39. The third-order valence-electron chi connectivity index (χ3n) is 3.51. The first kappa shape index (κ1) is 19.8. The van der Waals surface area contributed by atoms with Gasteiger partial charge in [-0.05, 0) is 24.3 Å². The van der Waals surface area contributed by atoms with Gasteiger partial charge in [-0.3, -0.25) is 9.10 Å². The average Bonchev–Trinajstić information content (AvgIpc) is 2.57. The highest BCUT2D eigenvalue weighted by Crippen LogP contribution is 2.37. The highest BCUT2D eigenvalue weighted by molar-refractivity contribution is 7.92. The molecule has 140 valence electrons. The Morgan fingerprint density at radius 1 is 1.04 bits per heavy atom. The summed E-state index contributed by atoms with van der Waals surface area (Å²) in [6.45, 7) is -0.475. The van der Waals surface area contributed by atoms with Crippen LogP contribution >= 0.6 is 0 Å². The number of hydrogen-bond acceptors (Lipinski definition) is 3. The summed E-state index contributed by atoms with van der Waals surface area (Å²) < 4.78 is 64.2. The molecule has 0 heterocycles. The molecular weight excluding hydrogens is 369 g/mol. The zero-order valence-corrected chi connectivity index (χ0v) is 14.6. The van der Waals surface area contributed by atoms with Gasteiger partial charge in [0, 0.05) is 12.1 Å². The number of nitrogens with one attached hydrogen (secondary N) is 1. The lowest BCUT2D eigenvalue weighted by atomic mass is 10.1. The summed E-state index contributed by atoms with van der Waals surface area (Å²) in [5.74, 6) is -0.442. The summed E-state index contributed by atoms with van der Waals surface area (Å²) in [6.07, 6.45) is -3.88. The summed E-state index contributed by atoms with van der Waals surface area (Å²) in [7, 11) is -3.98. The van der Waals surface area contributed by atoms with Crippen molar-refractivity contribution in [1.82, 2.24) is 5.32 Å². The van der Waals surface area contributed by atoms with Crippen molar-refractivity contribution in [3.05, 3.63) is 65.7 Å². The topological polar surface area (TPSA) is 66.5 Å². The van der Waals surface area contributed by atoms with Gasteiger partial charge in [0.15, 0.2) is 0 Å². The summed E-state index contributed by atoms with van der Waals surface area (Å²) in [5, 5.41) is 2.50. The van der Waals surface area contributed by atoms with Crippen molar-refractivity contribution in [3.63, 3.8) is 0 Å². The Kier molecular flexibility index (Phi) is 5.91. The Morgan fingerprint density at radius 2 is 1.62 bits per heavy atom. The van der Waals surface area contributed by atoms with E-state index in [-0.39, 0.29) is 13.1 Å². The quantitative estimate of drug-likeness (QED) is 0.830. The predicted molar refractivity (Wildman–Crippen MR) is 92.4 cm³/mol. The molecule has 2 aromatic rings. The largest absolute Gasteiger partial charge is 0.418 e. The van der Waals surface area contributed by atoms with Crippen LogP contribution in [0.4, 0.5) is 18.9 Å². The number of carbonyl (C=O) groups is 1. The van der Waals surface area contributed by atoms with Crippen molar-refractivity contribution in [2.24, 2.45) is 0 Å². The normalized spacial score (nSPS) is 11.8. The Morgan fingerprint density at radius 3 is 2.19 bits per heavy atom. The first-order chi connectivity index (χ1) is 12.1. The lowest BCUT2D eigenvalue weighted by molar-refractivity contribution is -0.137. The molecule has 0 spiro atoms. The van der Waals surface area contributed by atoms with Crippen LogP contribution < -0.4 is 9.62 Å². The van der Waals surface area contributed by atoms with Gasteiger partial charge >= 0.3 is 6.18 Å². The summed E-state index contributed by atoms with van der Waals surface area (Å²) in [6, 6.07) is 12.6. The molecule has 0 radical (unpaired) electrons. The number of anilines is 1. The third-order valence-corrected chi connectivity index (χ3v) is 4.69. The molecule has 0 saturated carbocycles. The van der Waals surface area contributed by atoms with E-state index in [1.165, 1.54) is 12.1 Å². The molecule has 1 amide bonds. The smallest absolute Gasteiger partial charge is 0.350 e. The second-order valence-electron chi connectivity index (χ2n) is 5.47. The standard InChI is InChI=1S/C17H17F3N2O3S/c1-26(24,25)22(15-10-6-5-9-14(15)17(18,19)20)12-11-21-16(23)13-7-3-2-4-8-13/h2-10H,11-12H2,1H3,(H,21,23). The maximum atomic E-state index is 13.2. The van der Waals surface area contributed by atoms with Crippen LogP contribution in [0.1, 0.15) is 15.9 Å². The number of hydrogen-bond donors (Lipinski definition) is 1. The van der Waals surface area contributed by atoms with E-state index in [2.05, 4.69) is 5.32 Å². The van der Waals surface area contributed by atoms with Crippen LogP contribution in [0.3, 0.4) is 0 Å². The van der Waals surface area contributed by atoms with E-state index < -0.39 is 33.4 Å². The van der Waals surface area contributed by atoms with Gasteiger partial charge in [0.05, 0.1) is 24.1 Å². The molecule has 0 atom stereocenters. The van der Waals surface area contributed by atoms with Gasteiger partial charge in [0.1, 0.15) is 0 Å². The van der Waals surface area contributed by atoms with Gasteiger partial charge in [-0.1, -0.05) is 30.3 Å². The van der Waals surface area contributed by atoms with Gasteiger partial charge in [-0.2, -0.15) is 13.2 Å². The molecule has 5 nitrogen and oxygen atoms in total. The molecule has 0 fully saturated rings. The van der Waals surface area contributed by atoms with Gasteiger partial charge in [-0.15, -0.1) is 0 Å². The molecule has 0 aromatic heterocycles. The zero-order chi connectivity index (χ0) is 19.4. The third kappa shape index (κ3) is 4.98. The first-order valence-corrected chi connectivity index (χ1v) is 9.42. The monoisotopic (exact) mass is 386 g/mol. The Balaban J connectivity index is 2.19. The molecule has 0 saturated heterocycles.